The standard InChI is InChI=1S/C9H12N4O.C9H12N4.C8H10N4O/c1-5(2)13-4-10-7-8(13)11-6(3)12-9(7)14;1-6(2)13-5-12-8-7(10)3-4-11-9(8)13;1-5(2)12-4-11-6-7(12)9-3-10-8(6)13/h4-5H,1-3H3,(H,11,12,14);3-6H,1-2H3,(H2,10,11);3-5H,1-2H3,(H,9,10,13). The van der Waals surface area contributed by atoms with E-state index in [0.29, 0.717) is 39.9 Å². The first-order valence-electron chi connectivity index (χ1n) is 12.9. The summed E-state index contributed by atoms with van der Waals surface area (Å²) in [6.07, 6.45) is 8.16. The van der Waals surface area contributed by atoms with Crippen LogP contribution in [-0.4, -0.2) is 53.6 Å². The van der Waals surface area contributed by atoms with Crippen molar-refractivity contribution in [1.82, 2.24) is 53.6 Å². The van der Waals surface area contributed by atoms with Crippen molar-refractivity contribution < 1.29 is 0 Å². The molecule has 0 fully saturated rings. The molecule has 0 saturated heterocycles. The number of nitrogens with one attached hydrogen (secondary N) is 2. The molecule has 0 atom stereocenters. The fourth-order valence-corrected chi connectivity index (χ4v) is 3.99. The fraction of sp³-hybridized carbons (Fsp3) is 0.385. The largest absolute Gasteiger partial charge is 0.397 e. The van der Waals surface area contributed by atoms with E-state index in [2.05, 4.69) is 53.7 Å². The summed E-state index contributed by atoms with van der Waals surface area (Å²) < 4.78 is 5.76. The van der Waals surface area contributed by atoms with Gasteiger partial charge < -0.3 is 29.4 Å². The van der Waals surface area contributed by atoms with Crippen LogP contribution in [0.4, 0.5) is 5.69 Å². The molecule has 14 nitrogen and oxygen atoms in total. The second-order valence-electron chi connectivity index (χ2n) is 10.0. The SMILES string of the molecule is CC(C)n1cnc2c(=O)[nH]cnc21.CC(C)n1cnc2c(N)ccnc21.Cc1nc2c(ncn2C(C)C)c(=O)[nH]1. The number of hydrogen-bond donors (Lipinski definition) is 3. The number of aryl methyl sites for hydroxylation is 1. The van der Waals surface area contributed by atoms with Crippen molar-refractivity contribution in [2.24, 2.45) is 0 Å². The Balaban J connectivity index is 0.000000139. The summed E-state index contributed by atoms with van der Waals surface area (Å²) in [7, 11) is 0. The highest BCUT2D eigenvalue weighted by molar-refractivity contribution is 5.83. The van der Waals surface area contributed by atoms with Crippen LogP contribution in [0.25, 0.3) is 33.5 Å². The van der Waals surface area contributed by atoms with Gasteiger partial charge in [0.05, 0.1) is 31.0 Å². The monoisotopic (exact) mass is 546 g/mol. The molecule has 0 amide bonds. The fourth-order valence-electron chi connectivity index (χ4n) is 3.99. The maximum absolute atomic E-state index is 11.5. The highest BCUT2D eigenvalue weighted by Gasteiger charge is 2.11. The van der Waals surface area contributed by atoms with E-state index >= 15 is 0 Å². The van der Waals surface area contributed by atoms with Crippen molar-refractivity contribution >= 4 is 39.2 Å². The minimum atomic E-state index is -0.190. The average molecular weight is 547 g/mol. The molecule has 0 aliphatic rings. The van der Waals surface area contributed by atoms with Gasteiger partial charge >= 0.3 is 0 Å². The predicted molar refractivity (Wildman–Crippen MR) is 154 cm³/mol. The molecule has 14 heteroatoms. The van der Waals surface area contributed by atoms with E-state index in [-0.39, 0.29) is 23.2 Å². The van der Waals surface area contributed by atoms with Gasteiger partial charge in [0.25, 0.3) is 11.1 Å². The minimum absolute atomic E-state index is 0.174. The molecule has 0 aromatic carbocycles. The number of rotatable bonds is 3. The van der Waals surface area contributed by atoms with Gasteiger partial charge in [-0.2, -0.15) is 0 Å². The lowest BCUT2D eigenvalue weighted by atomic mass is 10.3. The lowest BCUT2D eigenvalue weighted by molar-refractivity contribution is 0.612. The van der Waals surface area contributed by atoms with E-state index in [1.807, 2.05) is 41.4 Å². The number of aromatic nitrogens is 11. The van der Waals surface area contributed by atoms with Crippen molar-refractivity contribution in [2.75, 3.05) is 5.73 Å². The van der Waals surface area contributed by atoms with Crippen molar-refractivity contribution in [1.29, 1.82) is 0 Å². The number of aromatic amines is 2. The summed E-state index contributed by atoms with van der Waals surface area (Å²) in [5.74, 6) is 0.616. The summed E-state index contributed by atoms with van der Waals surface area (Å²) in [6.45, 7) is 14.0. The van der Waals surface area contributed by atoms with E-state index in [9.17, 15) is 9.59 Å². The zero-order valence-corrected chi connectivity index (χ0v) is 23.6. The van der Waals surface area contributed by atoms with Crippen LogP contribution in [-0.2, 0) is 0 Å². The molecule has 4 N–H and O–H groups in total. The quantitative estimate of drug-likeness (QED) is 0.299. The summed E-state index contributed by atoms with van der Waals surface area (Å²) in [6, 6.07) is 2.65. The predicted octanol–water partition coefficient (Wildman–Crippen LogP) is 3.30. The first kappa shape index (κ1) is 28.1. The third-order valence-electron chi connectivity index (χ3n) is 6.08. The number of pyridine rings is 1. The normalized spacial score (nSPS) is 11.3. The number of anilines is 1. The van der Waals surface area contributed by atoms with Gasteiger partial charge in [-0.3, -0.25) is 9.59 Å². The van der Waals surface area contributed by atoms with Crippen LogP contribution >= 0.6 is 0 Å². The second kappa shape index (κ2) is 11.5. The van der Waals surface area contributed by atoms with E-state index in [0.717, 1.165) is 11.2 Å². The molecule has 40 heavy (non-hydrogen) atoms. The summed E-state index contributed by atoms with van der Waals surface area (Å²) in [5, 5.41) is 0. The number of H-pyrrole nitrogens is 2. The number of imidazole rings is 3. The van der Waals surface area contributed by atoms with Crippen LogP contribution in [0.2, 0.25) is 0 Å². The Bertz CT molecular complexity index is 1870. The van der Waals surface area contributed by atoms with Gasteiger partial charge in [0.15, 0.2) is 28.0 Å². The molecular weight excluding hydrogens is 512 g/mol. The van der Waals surface area contributed by atoms with Gasteiger partial charge in [0.2, 0.25) is 0 Å². The Hall–Kier alpha value is -4.88. The topological polar surface area (TPSA) is 184 Å². The summed E-state index contributed by atoms with van der Waals surface area (Å²) in [5.41, 5.74) is 9.82. The van der Waals surface area contributed by atoms with E-state index in [1.165, 1.54) is 6.33 Å². The maximum atomic E-state index is 11.5. The summed E-state index contributed by atoms with van der Waals surface area (Å²) in [4.78, 5) is 52.6. The Kier molecular flexibility index (Phi) is 8.07. The summed E-state index contributed by atoms with van der Waals surface area (Å²) >= 11 is 0. The molecule has 6 rings (SSSR count). The molecule has 0 saturated carbocycles. The molecule has 0 bridgehead atoms. The smallest absolute Gasteiger partial charge is 0.279 e. The van der Waals surface area contributed by atoms with E-state index in [1.54, 1.807) is 38.2 Å². The molecule has 6 aromatic heterocycles. The van der Waals surface area contributed by atoms with Crippen molar-refractivity contribution in [3.63, 3.8) is 0 Å². The van der Waals surface area contributed by atoms with Gasteiger partial charge in [0.1, 0.15) is 11.3 Å². The Morgan fingerprint density at radius 1 is 0.700 bits per heavy atom. The Morgan fingerprint density at radius 3 is 1.77 bits per heavy atom. The third-order valence-corrected chi connectivity index (χ3v) is 6.08. The van der Waals surface area contributed by atoms with Crippen LogP contribution in [0, 0.1) is 6.92 Å². The first-order valence-corrected chi connectivity index (χ1v) is 12.9. The van der Waals surface area contributed by atoms with Gasteiger partial charge in [-0.05, 0) is 54.5 Å². The molecule has 210 valence electrons. The zero-order valence-electron chi connectivity index (χ0n) is 23.6. The maximum Gasteiger partial charge on any atom is 0.279 e. The number of nitrogen functional groups attached to an aromatic ring is 1. The number of nitrogens with two attached hydrogens (primary N) is 1. The van der Waals surface area contributed by atoms with Crippen molar-refractivity contribution in [2.45, 2.75) is 66.6 Å². The van der Waals surface area contributed by atoms with Gasteiger partial charge in [-0.1, -0.05) is 0 Å². The van der Waals surface area contributed by atoms with Crippen LogP contribution < -0.4 is 16.9 Å². The Morgan fingerprint density at radius 2 is 1.20 bits per heavy atom. The molecule has 0 spiro atoms. The number of hydrogen-bond acceptors (Lipinski definition) is 9. The average Bonchev–Trinajstić information content (AvgIpc) is 3.62. The van der Waals surface area contributed by atoms with E-state index < -0.39 is 0 Å². The van der Waals surface area contributed by atoms with Crippen LogP contribution in [0.15, 0.2) is 47.2 Å². The number of nitrogens with zero attached hydrogens (tertiary/aromatic N) is 9. The minimum Gasteiger partial charge on any atom is -0.397 e. The van der Waals surface area contributed by atoms with Crippen LogP contribution in [0.1, 0.15) is 65.5 Å². The molecule has 0 aliphatic carbocycles. The molecule has 6 heterocycles. The molecule has 6 aromatic rings. The van der Waals surface area contributed by atoms with E-state index in [4.69, 9.17) is 5.73 Å². The zero-order chi connectivity index (χ0) is 29.1. The van der Waals surface area contributed by atoms with Gasteiger partial charge in [-0.25, -0.2) is 29.9 Å². The lowest BCUT2D eigenvalue weighted by Crippen LogP contribution is -2.11. The molecule has 0 aliphatic heterocycles. The molecular formula is C26H34N12O2. The highest BCUT2D eigenvalue weighted by atomic mass is 16.1. The Labute approximate surface area is 229 Å². The van der Waals surface area contributed by atoms with Crippen LogP contribution in [0.5, 0.6) is 0 Å². The lowest BCUT2D eigenvalue weighted by Gasteiger charge is -2.06. The number of fused-ring (bicyclic) bond motifs is 3. The van der Waals surface area contributed by atoms with Gasteiger partial charge in [0, 0.05) is 24.3 Å². The van der Waals surface area contributed by atoms with Crippen molar-refractivity contribution in [3.8, 4) is 0 Å². The third kappa shape index (κ3) is 5.60. The van der Waals surface area contributed by atoms with Gasteiger partial charge in [-0.15, -0.1) is 0 Å². The van der Waals surface area contributed by atoms with Crippen molar-refractivity contribution in [3.05, 3.63) is 64.1 Å². The molecule has 0 radical (unpaired) electrons. The molecule has 0 unspecified atom stereocenters. The van der Waals surface area contributed by atoms with Crippen LogP contribution in [0.3, 0.4) is 0 Å². The highest BCUT2D eigenvalue weighted by Crippen LogP contribution is 2.19. The second-order valence-corrected chi connectivity index (χ2v) is 10.0. The first-order chi connectivity index (χ1) is 19.0.